The maximum Gasteiger partial charge on any atom is 0.271 e. The number of hydrogen-bond donors (Lipinski definition) is 2. The van der Waals surface area contributed by atoms with E-state index in [1.54, 1.807) is 0 Å². The number of carbonyl (C=O) groups is 1. The summed E-state index contributed by atoms with van der Waals surface area (Å²) in [5.74, 6) is 1.73. The van der Waals surface area contributed by atoms with Crippen molar-refractivity contribution in [3.8, 4) is 0 Å². The molecule has 1 rings (SSSR count). The largest absolute Gasteiger partial charge is 0.382 e. The lowest BCUT2D eigenvalue weighted by Gasteiger charge is -2.19. The minimum absolute atomic E-state index is 0.130. The van der Waals surface area contributed by atoms with Gasteiger partial charge in [-0.1, -0.05) is 41.5 Å². The maximum atomic E-state index is 12.6. The molecule has 0 aliphatic heterocycles. The average Bonchev–Trinajstić information content (AvgIpc) is 2.79. The Morgan fingerprint density at radius 1 is 1.26 bits per heavy atom. The number of amides is 1. The molecule has 0 radical (unpaired) electrons. The van der Waals surface area contributed by atoms with Gasteiger partial charge in [0.2, 0.25) is 0 Å². The summed E-state index contributed by atoms with van der Waals surface area (Å²) in [5.41, 5.74) is 6.54. The molecule has 0 aliphatic rings. The first-order chi connectivity index (χ1) is 10.8. The second kappa shape index (κ2) is 8.91. The van der Waals surface area contributed by atoms with Crippen LogP contribution in [-0.2, 0) is 6.54 Å². The van der Waals surface area contributed by atoms with Gasteiger partial charge in [-0.2, -0.15) is 0 Å². The lowest BCUT2D eigenvalue weighted by atomic mass is 10.1. The van der Waals surface area contributed by atoms with Crippen LogP contribution in [0.25, 0.3) is 0 Å². The summed E-state index contributed by atoms with van der Waals surface area (Å²) in [6.45, 7) is 16.8. The van der Waals surface area contributed by atoms with Gasteiger partial charge in [0.05, 0.1) is 0 Å². The summed E-state index contributed by atoms with van der Waals surface area (Å²) < 4.78 is 1.98. The van der Waals surface area contributed by atoms with E-state index in [0.717, 1.165) is 32.0 Å². The number of nitrogens with two attached hydrogens (primary N) is 1. The van der Waals surface area contributed by atoms with Gasteiger partial charge >= 0.3 is 0 Å². The Bertz CT molecular complexity index is 503. The highest BCUT2D eigenvalue weighted by molar-refractivity contribution is 5.97. The molecular formula is C17H33N5O. The van der Waals surface area contributed by atoms with Gasteiger partial charge in [0.1, 0.15) is 5.82 Å². The minimum atomic E-state index is -0.130. The highest BCUT2D eigenvalue weighted by Crippen LogP contribution is 2.22. The maximum absolute atomic E-state index is 12.6. The Morgan fingerprint density at radius 3 is 2.35 bits per heavy atom. The molecule has 6 nitrogen and oxygen atoms in total. The van der Waals surface area contributed by atoms with Crippen LogP contribution in [-0.4, -0.2) is 46.5 Å². The topological polar surface area (TPSA) is 76.2 Å². The minimum Gasteiger partial charge on any atom is -0.382 e. The van der Waals surface area contributed by atoms with E-state index in [2.05, 4.69) is 56.7 Å². The lowest BCUT2D eigenvalue weighted by Crippen LogP contribution is -2.36. The van der Waals surface area contributed by atoms with Gasteiger partial charge in [-0.05, 0) is 19.0 Å². The number of nitrogen functional groups attached to an aromatic ring is 1. The number of carbonyl (C=O) groups excluding carboxylic acids is 1. The highest BCUT2D eigenvalue weighted by atomic mass is 16.2. The van der Waals surface area contributed by atoms with Crippen molar-refractivity contribution in [2.24, 2.45) is 5.92 Å². The van der Waals surface area contributed by atoms with Crippen LogP contribution in [0.3, 0.4) is 0 Å². The summed E-state index contributed by atoms with van der Waals surface area (Å²) in [6, 6.07) is 0. The first-order valence-corrected chi connectivity index (χ1v) is 8.68. The van der Waals surface area contributed by atoms with Crippen molar-refractivity contribution < 1.29 is 4.79 Å². The quantitative estimate of drug-likeness (QED) is 0.731. The van der Waals surface area contributed by atoms with Crippen molar-refractivity contribution >= 4 is 11.7 Å². The predicted octanol–water partition coefficient (Wildman–Crippen LogP) is 2.32. The van der Waals surface area contributed by atoms with Gasteiger partial charge < -0.3 is 20.5 Å². The number of likely N-dealkylation sites (N-methyl/N-ethyl adjacent to an activating group) is 1. The molecule has 6 heteroatoms. The third kappa shape index (κ3) is 5.23. The molecule has 0 aromatic carbocycles. The third-order valence-electron chi connectivity index (χ3n) is 3.91. The molecule has 0 unspecified atom stereocenters. The standard InChI is InChI=1S/C17H33N5O/c1-7-21(8-2)10-9-19-17(23)14-15(18)20-16(13(5)6)22(14)11-12(3)4/h12-13H,7-11,18H2,1-6H3,(H,19,23). The molecule has 1 aromatic heterocycles. The third-order valence-corrected chi connectivity index (χ3v) is 3.91. The molecule has 0 saturated carbocycles. The number of imidazole rings is 1. The second-order valence-corrected chi connectivity index (χ2v) is 6.65. The number of aromatic nitrogens is 2. The van der Waals surface area contributed by atoms with Crippen molar-refractivity contribution in [3.63, 3.8) is 0 Å². The van der Waals surface area contributed by atoms with Crippen molar-refractivity contribution in [1.82, 2.24) is 19.8 Å². The zero-order chi connectivity index (χ0) is 17.6. The molecule has 0 spiro atoms. The Labute approximate surface area is 140 Å². The fourth-order valence-electron chi connectivity index (χ4n) is 2.67. The fraction of sp³-hybridized carbons (Fsp3) is 0.765. The fourth-order valence-corrected chi connectivity index (χ4v) is 2.67. The molecule has 0 aliphatic carbocycles. The van der Waals surface area contributed by atoms with Crippen LogP contribution in [0.4, 0.5) is 5.82 Å². The Kier molecular flexibility index (Phi) is 7.55. The van der Waals surface area contributed by atoms with Crippen LogP contribution in [0, 0.1) is 5.92 Å². The highest BCUT2D eigenvalue weighted by Gasteiger charge is 2.23. The van der Waals surface area contributed by atoms with E-state index in [1.165, 1.54) is 0 Å². The van der Waals surface area contributed by atoms with Gasteiger partial charge in [0.25, 0.3) is 5.91 Å². The van der Waals surface area contributed by atoms with E-state index in [-0.39, 0.29) is 11.8 Å². The molecule has 132 valence electrons. The number of anilines is 1. The molecule has 0 atom stereocenters. The first kappa shape index (κ1) is 19.5. The molecule has 0 fully saturated rings. The summed E-state index contributed by atoms with van der Waals surface area (Å²) in [4.78, 5) is 19.3. The van der Waals surface area contributed by atoms with Gasteiger partial charge in [-0.3, -0.25) is 4.79 Å². The van der Waals surface area contributed by atoms with Crippen LogP contribution >= 0.6 is 0 Å². The van der Waals surface area contributed by atoms with Crippen molar-refractivity contribution in [3.05, 3.63) is 11.5 Å². The molecule has 23 heavy (non-hydrogen) atoms. The average molecular weight is 323 g/mol. The number of rotatable bonds is 9. The van der Waals surface area contributed by atoms with E-state index in [1.807, 2.05) is 4.57 Å². The van der Waals surface area contributed by atoms with Crippen molar-refractivity contribution in [1.29, 1.82) is 0 Å². The van der Waals surface area contributed by atoms with E-state index in [9.17, 15) is 4.79 Å². The van der Waals surface area contributed by atoms with E-state index >= 15 is 0 Å². The normalized spacial score (nSPS) is 11.7. The van der Waals surface area contributed by atoms with Crippen LogP contribution in [0.2, 0.25) is 0 Å². The van der Waals surface area contributed by atoms with Gasteiger partial charge in [0.15, 0.2) is 11.5 Å². The lowest BCUT2D eigenvalue weighted by molar-refractivity contribution is 0.0939. The van der Waals surface area contributed by atoms with E-state index < -0.39 is 0 Å². The van der Waals surface area contributed by atoms with Gasteiger partial charge in [-0.15, -0.1) is 0 Å². The summed E-state index contributed by atoms with van der Waals surface area (Å²) in [5, 5.41) is 2.98. The molecule has 3 N–H and O–H groups in total. The Hall–Kier alpha value is -1.56. The molecule has 0 bridgehead atoms. The van der Waals surface area contributed by atoms with E-state index in [0.29, 0.717) is 24.0 Å². The Morgan fingerprint density at radius 2 is 1.87 bits per heavy atom. The Balaban J connectivity index is 2.90. The van der Waals surface area contributed by atoms with Crippen LogP contribution in [0.1, 0.15) is 63.8 Å². The van der Waals surface area contributed by atoms with Crippen molar-refractivity contribution in [2.45, 2.75) is 54.0 Å². The molecule has 1 heterocycles. The summed E-state index contributed by atoms with van der Waals surface area (Å²) in [7, 11) is 0. The van der Waals surface area contributed by atoms with Crippen molar-refractivity contribution in [2.75, 3.05) is 31.9 Å². The summed E-state index contributed by atoms with van der Waals surface area (Å²) >= 11 is 0. The SMILES string of the molecule is CCN(CC)CCNC(=O)c1c(N)nc(C(C)C)n1CC(C)C. The van der Waals surface area contributed by atoms with Gasteiger partial charge in [0, 0.05) is 25.6 Å². The molecule has 1 aromatic rings. The molecular weight excluding hydrogens is 290 g/mol. The second-order valence-electron chi connectivity index (χ2n) is 6.65. The van der Waals surface area contributed by atoms with Crippen LogP contribution in [0.15, 0.2) is 0 Å². The summed E-state index contributed by atoms with van der Waals surface area (Å²) in [6.07, 6.45) is 0. The molecule has 0 saturated heterocycles. The zero-order valence-corrected chi connectivity index (χ0v) is 15.5. The predicted molar refractivity (Wildman–Crippen MR) is 95.7 cm³/mol. The van der Waals surface area contributed by atoms with Crippen LogP contribution in [0.5, 0.6) is 0 Å². The first-order valence-electron chi connectivity index (χ1n) is 8.68. The smallest absolute Gasteiger partial charge is 0.271 e. The zero-order valence-electron chi connectivity index (χ0n) is 15.5. The monoisotopic (exact) mass is 323 g/mol. The number of hydrogen-bond acceptors (Lipinski definition) is 4. The van der Waals surface area contributed by atoms with E-state index in [4.69, 9.17) is 5.73 Å². The van der Waals surface area contributed by atoms with Gasteiger partial charge in [-0.25, -0.2) is 4.98 Å². The number of nitrogens with one attached hydrogen (secondary N) is 1. The number of nitrogens with zero attached hydrogens (tertiary/aromatic N) is 3. The van der Waals surface area contributed by atoms with Crippen LogP contribution < -0.4 is 11.1 Å². The molecule has 1 amide bonds.